The van der Waals surface area contributed by atoms with Gasteiger partial charge in [-0.2, -0.15) is 0 Å². The molecule has 0 spiro atoms. The maximum Gasteiger partial charge on any atom is 0.338 e. The van der Waals surface area contributed by atoms with Gasteiger partial charge in [-0.3, -0.25) is 0 Å². The van der Waals surface area contributed by atoms with Crippen LogP contribution in [0.25, 0.3) is 0 Å². The molecule has 276 valence electrons. The van der Waals surface area contributed by atoms with Gasteiger partial charge in [0.25, 0.3) is 0 Å². The van der Waals surface area contributed by atoms with Crippen LogP contribution in [0.15, 0.2) is 97.1 Å². The summed E-state index contributed by atoms with van der Waals surface area (Å²) in [7, 11) is 0. The highest BCUT2D eigenvalue weighted by molar-refractivity contribution is 5.95. The third-order valence-electron chi connectivity index (χ3n) is 7.56. The maximum absolute atomic E-state index is 12.6. The second-order valence-corrected chi connectivity index (χ2v) is 12.3. The molecule has 3 atom stereocenters. The van der Waals surface area contributed by atoms with Crippen molar-refractivity contribution in [2.24, 2.45) is 0 Å². The van der Waals surface area contributed by atoms with Crippen LogP contribution in [0.3, 0.4) is 0 Å². The van der Waals surface area contributed by atoms with E-state index in [-0.39, 0.29) is 42.1 Å². The summed E-state index contributed by atoms with van der Waals surface area (Å²) < 4.78 is 31.8. The number of hydrogen-bond acceptors (Lipinski definition) is 12. The van der Waals surface area contributed by atoms with E-state index in [1.54, 1.807) is 69.3 Å². The van der Waals surface area contributed by atoms with Gasteiger partial charge in [0.1, 0.15) is 38.1 Å². The average Bonchev–Trinajstić information content (AvgIpc) is 3.15. The van der Waals surface area contributed by atoms with Crippen LogP contribution in [0.1, 0.15) is 94.0 Å². The third kappa shape index (κ3) is 12.2. The highest BCUT2D eigenvalue weighted by Crippen LogP contribution is 2.13. The van der Waals surface area contributed by atoms with Gasteiger partial charge in [-0.1, -0.05) is 35.4 Å². The van der Waals surface area contributed by atoms with Crippen molar-refractivity contribution in [2.75, 3.05) is 19.8 Å². The van der Waals surface area contributed by atoms with Gasteiger partial charge in [-0.25, -0.2) is 28.8 Å². The minimum absolute atomic E-state index is 0.137. The number of carbonyl (C=O) groups excluding carboxylic acids is 6. The van der Waals surface area contributed by atoms with E-state index in [0.29, 0.717) is 11.1 Å². The Kier molecular flexibility index (Phi) is 14.0. The second kappa shape index (κ2) is 18.8. The molecule has 12 nitrogen and oxygen atoms in total. The molecule has 0 aliphatic heterocycles. The van der Waals surface area contributed by atoms with E-state index >= 15 is 0 Å². The van der Waals surface area contributed by atoms with E-state index in [1.807, 2.05) is 13.8 Å². The summed E-state index contributed by atoms with van der Waals surface area (Å²) in [6.07, 6.45) is -2.22. The van der Waals surface area contributed by atoms with Crippen molar-refractivity contribution in [1.82, 2.24) is 0 Å². The molecule has 0 saturated heterocycles. The maximum atomic E-state index is 12.6. The zero-order valence-electron chi connectivity index (χ0n) is 30.0. The summed E-state index contributed by atoms with van der Waals surface area (Å²) >= 11 is 0. The lowest BCUT2D eigenvalue weighted by molar-refractivity contribution is 0.00418. The van der Waals surface area contributed by atoms with Gasteiger partial charge in [0, 0.05) is 0 Å². The Balaban J connectivity index is 1.15. The van der Waals surface area contributed by atoms with Crippen LogP contribution in [-0.4, -0.2) is 73.9 Å². The summed E-state index contributed by atoms with van der Waals surface area (Å²) in [4.78, 5) is 74.7. The molecular formula is C41H40O12. The molecule has 3 unspecified atom stereocenters. The van der Waals surface area contributed by atoms with Crippen LogP contribution in [0.4, 0.5) is 0 Å². The van der Waals surface area contributed by atoms with Gasteiger partial charge in [0.2, 0.25) is 0 Å². The molecule has 0 saturated carbocycles. The SMILES string of the molecule is Cc1ccc(C(=O)OCC(C)OC(=O)c2ccc(C(=O)OCC(C)OC(=O)c3ccc(C(=O)OCC(C)OC(=O)c4ccc(C)cc4)cc3)cc2)cc1. The number of esters is 6. The van der Waals surface area contributed by atoms with E-state index in [1.165, 1.54) is 48.5 Å². The lowest BCUT2D eigenvalue weighted by Gasteiger charge is -2.15. The molecule has 4 aromatic carbocycles. The van der Waals surface area contributed by atoms with Gasteiger partial charge < -0.3 is 28.4 Å². The van der Waals surface area contributed by atoms with Gasteiger partial charge in [-0.05, 0) is 107 Å². The van der Waals surface area contributed by atoms with E-state index in [2.05, 4.69) is 0 Å². The van der Waals surface area contributed by atoms with Crippen LogP contribution in [0.2, 0.25) is 0 Å². The van der Waals surface area contributed by atoms with Crippen molar-refractivity contribution in [3.05, 3.63) is 142 Å². The summed E-state index contributed by atoms with van der Waals surface area (Å²) in [6, 6.07) is 24.9. The van der Waals surface area contributed by atoms with Gasteiger partial charge in [0.15, 0.2) is 0 Å². The number of aryl methyl sites for hydroxylation is 2. The van der Waals surface area contributed by atoms with Gasteiger partial charge >= 0.3 is 35.8 Å². The first kappa shape index (κ1) is 39.5. The average molecular weight is 725 g/mol. The Morgan fingerprint density at radius 1 is 0.358 bits per heavy atom. The monoisotopic (exact) mass is 724 g/mol. The molecule has 0 bridgehead atoms. The predicted octanol–water partition coefficient (Wildman–Crippen LogP) is 6.51. The van der Waals surface area contributed by atoms with E-state index in [4.69, 9.17) is 28.4 Å². The highest BCUT2D eigenvalue weighted by Gasteiger charge is 2.19. The number of hydrogen-bond donors (Lipinski definition) is 0. The predicted molar refractivity (Wildman–Crippen MR) is 191 cm³/mol. The minimum Gasteiger partial charge on any atom is -0.458 e. The fourth-order valence-electron chi connectivity index (χ4n) is 4.55. The van der Waals surface area contributed by atoms with Crippen LogP contribution in [0, 0.1) is 13.8 Å². The number of carbonyl (C=O) groups is 6. The highest BCUT2D eigenvalue weighted by atomic mass is 16.6. The first-order valence-electron chi connectivity index (χ1n) is 16.8. The molecule has 4 aromatic rings. The third-order valence-corrected chi connectivity index (χ3v) is 7.56. The molecule has 0 radical (unpaired) electrons. The molecule has 53 heavy (non-hydrogen) atoms. The van der Waals surface area contributed by atoms with E-state index in [0.717, 1.165) is 11.1 Å². The second-order valence-electron chi connectivity index (χ2n) is 12.3. The van der Waals surface area contributed by atoms with Crippen LogP contribution in [-0.2, 0) is 28.4 Å². The first-order chi connectivity index (χ1) is 25.3. The van der Waals surface area contributed by atoms with Crippen LogP contribution in [0.5, 0.6) is 0 Å². The molecule has 0 aliphatic carbocycles. The van der Waals surface area contributed by atoms with E-state index in [9.17, 15) is 28.8 Å². The largest absolute Gasteiger partial charge is 0.458 e. The molecule has 12 heteroatoms. The summed E-state index contributed by atoms with van der Waals surface area (Å²) in [5.41, 5.74) is 3.45. The van der Waals surface area contributed by atoms with Crippen molar-refractivity contribution in [3.63, 3.8) is 0 Å². The Morgan fingerprint density at radius 3 is 0.774 bits per heavy atom. The quantitative estimate of drug-likeness (QED) is 0.0968. The number of benzene rings is 4. The molecule has 0 heterocycles. The van der Waals surface area contributed by atoms with Crippen molar-refractivity contribution in [3.8, 4) is 0 Å². The molecule has 0 aliphatic rings. The topological polar surface area (TPSA) is 158 Å². The normalized spacial score (nSPS) is 12.3. The Morgan fingerprint density at radius 2 is 0.547 bits per heavy atom. The number of rotatable bonds is 15. The van der Waals surface area contributed by atoms with Gasteiger partial charge in [-0.15, -0.1) is 0 Å². The zero-order valence-corrected chi connectivity index (χ0v) is 30.0. The molecule has 0 fully saturated rings. The molecule has 4 rings (SSSR count). The summed E-state index contributed by atoms with van der Waals surface area (Å²) in [5.74, 6) is -3.80. The molecule has 0 aromatic heterocycles. The van der Waals surface area contributed by atoms with Crippen molar-refractivity contribution in [1.29, 1.82) is 0 Å². The van der Waals surface area contributed by atoms with Crippen LogP contribution >= 0.6 is 0 Å². The van der Waals surface area contributed by atoms with E-state index < -0.39 is 54.1 Å². The van der Waals surface area contributed by atoms with Gasteiger partial charge in [0.05, 0.1) is 33.4 Å². The lowest BCUT2D eigenvalue weighted by atomic mass is 10.1. The minimum atomic E-state index is -0.809. The fourth-order valence-corrected chi connectivity index (χ4v) is 4.55. The van der Waals surface area contributed by atoms with Crippen molar-refractivity contribution < 1.29 is 57.2 Å². The van der Waals surface area contributed by atoms with Crippen molar-refractivity contribution >= 4 is 35.8 Å². The number of ether oxygens (including phenoxy) is 6. The lowest BCUT2D eigenvalue weighted by Crippen LogP contribution is -2.23. The smallest absolute Gasteiger partial charge is 0.338 e. The Hall–Kier alpha value is -6.30. The van der Waals surface area contributed by atoms with Crippen LogP contribution < -0.4 is 0 Å². The molecular weight excluding hydrogens is 684 g/mol. The van der Waals surface area contributed by atoms with Crippen molar-refractivity contribution in [2.45, 2.75) is 52.9 Å². The summed E-state index contributed by atoms with van der Waals surface area (Å²) in [6.45, 7) is 7.99. The molecule has 0 amide bonds. The standard InChI is InChI=1S/C41H40O12/c1-25-6-10-30(11-7-25)36(42)48-22-28(4)52-40(46)34-18-16-32(17-19-34)38(44)50-24-29(5)53-41(47)35-20-14-31(15-21-35)37(43)49-23-27(3)51-39(45)33-12-8-26(2)9-13-33/h6-21,27-29H,22-24H2,1-5H3. The summed E-state index contributed by atoms with van der Waals surface area (Å²) in [5, 5.41) is 0. The molecule has 0 N–H and O–H groups in total. The first-order valence-corrected chi connectivity index (χ1v) is 16.8. The Bertz CT molecular complexity index is 1900. The zero-order chi connectivity index (χ0) is 38.5. The Labute approximate surface area is 306 Å². The fraction of sp³-hybridized carbons (Fsp3) is 0.268.